The van der Waals surface area contributed by atoms with Gasteiger partial charge in [-0.3, -0.25) is 10.1 Å². The van der Waals surface area contributed by atoms with E-state index in [4.69, 9.17) is 9.47 Å². The van der Waals surface area contributed by atoms with E-state index in [1.165, 1.54) is 0 Å². The first-order chi connectivity index (χ1) is 15.8. The van der Waals surface area contributed by atoms with Gasteiger partial charge in [-0.25, -0.2) is 4.79 Å². The number of nitrogens with one attached hydrogen (secondary N) is 2. The van der Waals surface area contributed by atoms with Crippen molar-refractivity contribution in [2.45, 2.75) is 64.6 Å². The van der Waals surface area contributed by atoms with Crippen molar-refractivity contribution in [1.29, 1.82) is 0 Å². The molecule has 0 aromatic heterocycles. The highest BCUT2D eigenvalue weighted by Gasteiger charge is 2.51. The zero-order chi connectivity index (χ0) is 24.0. The molecule has 3 rings (SSSR count). The van der Waals surface area contributed by atoms with Crippen molar-refractivity contribution >= 4 is 11.9 Å². The van der Waals surface area contributed by atoms with Gasteiger partial charge in [0.15, 0.2) is 11.5 Å². The van der Waals surface area contributed by atoms with E-state index in [0.717, 1.165) is 37.7 Å². The smallest absolute Gasteiger partial charge is 0.317 e. The molecule has 0 saturated carbocycles. The topological polar surface area (TPSA) is 83.1 Å². The number of hydrogen-bond donors (Lipinski definition) is 2. The molecule has 2 heterocycles. The molecule has 1 atom stereocenters. The van der Waals surface area contributed by atoms with Gasteiger partial charge >= 0.3 is 6.03 Å². The number of carbonyl (C=O) groups is 2. The highest BCUT2D eigenvalue weighted by Crippen LogP contribution is 2.35. The maximum atomic E-state index is 13.4. The van der Waals surface area contributed by atoms with Crippen LogP contribution in [0.15, 0.2) is 18.2 Å². The first-order valence-electron chi connectivity index (χ1n) is 12.2. The van der Waals surface area contributed by atoms with Crippen molar-refractivity contribution in [3.63, 3.8) is 0 Å². The monoisotopic (exact) mass is 460 g/mol. The van der Waals surface area contributed by atoms with E-state index in [1.54, 1.807) is 14.2 Å². The van der Waals surface area contributed by atoms with E-state index in [-0.39, 0.29) is 18.0 Å². The Morgan fingerprint density at radius 2 is 1.91 bits per heavy atom. The van der Waals surface area contributed by atoms with Gasteiger partial charge in [-0.2, -0.15) is 0 Å². The van der Waals surface area contributed by atoms with Crippen LogP contribution >= 0.6 is 0 Å². The summed E-state index contributed by atoms with van der Waals surface area (Å²) in [7, 11) is 3.26. The average Bonchev–Trinajstić information content (AvgIpc) is 3.05. The van der Waals surface area contributed by atoms with Crippen LogP contribution in [0.1, 0.15) is 52.0 Å². The van der Waals surface area contributed by atoms with Crippen LogP contribution in [0.3, 0.4) is 0 Å². The summed E-state index contributed by atoms with van der Waals surface area (Å²) in [6.07, 6.45) is 3.93. The summed E-state index contributed by atoms with van der Waals surface area (Å²) in [5.74, 6) is 1.99. The lowest BCUT2D eigenvalue weighted by Gasteiger charge is -2.44. The van der Waals surface area contributed by atoms with Crippen LogP contribution in [0.4, 0.5) is 4.79 Å². The highest BCUT2D eigenvalue weighted by molar-refractivity contribution is 5.85. The lowest BCUT2D eigenvalue weighted by atomic mass is 9.95. The van der Waals surface area contributed by atoms with Gasteiger partial charge in [0.1, 0.15) is 0 Å². The van der Waals surface area contributed by atoms with Gasteiger partial charge in [-0.15, -0.1) is 0 Å². The molecule has 2 N–H and O–H groups in total. The predicted octanol–water partition coefficient (Wildman–Crippen LogP) is 3.00. The molecule has 8 nitrogen and oxygen atoms in total. The first kappa shape index (κ1) is 25.1. The zero-order valence-corrected chi connectivity index (χ0v) is 20.8. The maximum Gasteiger partial charge on any atom is 0.317 e. The highest BCUT2D eigenvalue weighted by atomic mass is 16.5. The van der Waals surface area contributed by atoms with Crippen LogP contribution in [0, 0.1) is 5.92 Å². The number of methoxy groups -OCH3 is 2. The number of hydrogen-bond acceptors (Lipinski definition) is 5. The minimum Gasteiger partial charge on any atom is -0.493 e. The summed E-state index contributed by atoms with van der Waals surface area (Å²) in [4.78, 5) is 29.8. The maximum absolute atomic E-state index is 13.4. The Morgan fingerprint density at radius 1 is 1.21 bits per heavy atom. The van der Waals surface area contributed by atoms with Crippen molar-refractivity contribution in [2.24, 2.45) is 5.92 Å². The Labute approximate surface area is 198 Å². The Balaban J connectivity index is 1.73. The molecule has 3 amide bonds. The summed E-state index contributed by atoms with van der Waals surface area (Å²) in [5, 5.41) is 6.66. The third-order valence-electron chi connectivity index (χ3n) is 6.71. The molecular weight excluding hydrogens is 420 g/mol. The lowest BCUT2D eigenvalue weighted by molar-refractivity contribution is -0.133. The molecule has 2 saturated heterocycles. The Bertz CT molecular complexity index is 821. The first-order valence-corrected chi connectivity index (χ1v) is 12.2. The van der Waals surface area contributed by atoms with Crippen LogP contribution in [0.2, 0.25) is 0 Å². The van der Waals surface area contributed by atoms with Crippen LogP contribution in [-0.4, -0.2) is 73.8 Å². The average molecular weight is 461 g/mol. The number of ether oxygens (including phenoxy) is 2. The fourth-order valence-corrected chi connectivity index (χ4v) is 4.93. The van der Waals surface area contributed by atoms with Gasteiger partial charge < -0.3 is 24.6 Å². The third-order valence-corrected chi connectivity index (χ3v) is 6.71. The van der Waals surface area contributed by atoms with Gasteiger partial charge in [0.05, 0.1) is 25.9 Å². The molecular formula is C25H40N4O4. The van der Waals surface area contributed by atoms with Gasteiger partial charge in [0.2, 0.25) is 5.91 Å². The number of amides is 3. The number of likely N-dealkylation sites (tertiary alicyclic amines) is 1. The number of carbonyl (C=O) groups excluding carboxylic acids is 2. The summed E-state index contributed by atoms with van der Waals surface area (Å²) in [5.41, 5.74) is 0.702. The zero-order valence-electron chi connectivity index (χ0n) is 20.8. The standard InChI is InChI=1S/C25H40N4O4/c1-6-12-26-24(31)28-14-10-25(11-15-28)27-20(16-18(2)3)23(30)29(25)13-9-19-7-8-21(32-4)22(17-19)33-5/h7-8,17-18,20,27H,6,9-16H2,1-5H3,(H,26,31). The minimum absolute atomic E-state index is 0.00775. The van der Waals surface area contributed by atoms with Crippen molar-refractivity contribution in [3.05, 3.63) is 23.8 Å². The van der Waals surface area contributed by atoms with Crippen molar-refractivity contribution in [2.75, 3.05) is 40.4 Å². The van der Waals surface area contributed by atoms with E-state index in [2.05, 4.69) is 24.5 Å². The summed E-state index contributed by atoms with van der Waals surface area (Å²) in [6, 6.07) is 5.73. The summed E-state index contributed by atoms with van der Waals surface area (Å²) < 4.78 is 10.8. The number of piperidine rings is 1. The number of rotatable bonds is 9. The van der Waals surface area contributed by atoms with Crippen molar-refractivity contribution in [3.8, 4) is 11.5 Å². The number of benzene rings is 1. The van der Waals surface area contributed by atoms with Crippen LogP contribution < -0.4 is 20.1 Å². The molecule has 184 valence electrons. The molecule has 0 radical (unpaired) electrons. The fourth-order valence-electron chi connectivity index (χ4n) is 4.93. The molecule has 2 fully saturated rings. The fraction of sp³-hybridized carbons (Fsp3) is 0.680. The van der Waals surface area contributed by atoms with Gasteiger partial charge in [-0.1, -0.05) is 26.8 Å². The minimum atomic E-state index is -0.394. The summed E-state index contributed by atoms with van der Waals surface area (Å²) in [6.45, 7) is 8.92. The summed E-state index contributed by atoms with van der Waals surface area (Å²) >= 11 is 0. The molecule has 8 heteroatoms. The Kier molecular flexibility index (Phi) is 8.46. The van der Waals surface area contributed by atoms with Crippen molar-refractivity contribution < 1.29 is 19.1 Å². The second kappa shape index (κ2) is 11.1. The molecule has 2 aliphatic rings. The quantitative estimate of drug-likeness (QED) is 0.592. The molecule has 2 aliphatic heterocycles. The van der Waals surface area contributed by atoms with E-state index in [9.17, 15) is 9.59 Å². The number of urea groups is 1. The largest absolute Gasteiger partial charge is 0.493 e. The second-order valence-electron chi connectivity index (χ2n) is 9.51. The molecule has 0 aliphatic carbocycles. The van der Waals surface area contributed by atoms with Crippen LogP contribution in [-0.2, 0) is 11.2 Å². The number of nitrogens with zero attached hydrogens (tertiary/aromatic N) is 2. The normalized spacial score (nSPS) is 19.9. The Hall–Kier alpha value is -2.48. The lowest BCUT2D eigenvalue weighted by Crippen LogP contribution is -2.60. The molecule has 0 bridgehead atoms. The van der Waals surface area contributed by atoms with E-state index >= 15 is 0 Å². The molecule has 1 unspecified atom stereocenters. The molecule has 1 aromatic carbocycles. The van der Waals surface area contributed by atoms with E-state index < -0.39 is 5.66 Å². The van der Waals surface area contributed by atoms with E-state index in [0.29, 0.717) is 43.6 Å². The van der Waals surface area contributed by atoms with Crippen LogP contribution in [0.25, 0.3) is 0 Å². The second-order valence-corrected chi connectivity index (χ2v) is 9.51. The van der Waals surface area contributed by atoms with Crippen molar-refractivity contribution in [1.82, 2.24) is 20.4 Å². The predicted molar refractivity (Wildman–Crippen MR) is 129 cm³/mol. The molecule has 1 aromatic rings. The molecule has 1 spiro atoms. The van der Waals surface area contributed by atoms with E-state index in [1.807, 2.05) is 34.9 Å². The molecule has 33 heavy (non-hydrogen) atoms. The SMILES string of the molecule is CCCNC(=O)N1CCC2(CC1)NC(CC(C)C)C(=O)N2CCc1ccc(OC)c(OC)c1. The third kappa shape index (κ3) is 5.72. The van der Waals surface area contributed by atoms with Gasteiger partial charge in [0.25, 0.3) is 0 Å². The van der Waals surface area contributed by atoms with Crippen LogP contribution in [0.5, 0.6) is 11.5 Å². The van der Waals surface area contributed by atoms with Gasteiger partial charge in [-0.05, 0) is 42.9 Å². The Morgan fingerprint density at radius 3 is 2.52 bits per heavy atom. The van der Waals surface area contributed by atoms with Gasteiger partial charge in [0, 0.05) is 39.0 Å².